The lowest BCUT2D eigenvalue weighted by molar-refractivity contribution is -0.0149. The first-order chi connectivity index (χ1) is 13.9. The summed E-state index contributed by atoms with van der Waals surface area (Å²) >= 11 is 0. The number of hydrogen-bond acceptors (Lipinski definition) is 4. The van der Waals surface area contributed by atoms with Crippen LogP contribution in [0, 0.1) is 0 Å². The summed E-state index contributed by atoms with van der Waals surface area (Å²) < 4.78 is 11.3. The predicted octanol–water partition coefficient (Wildman–Crippen LogP) is 4.99. The van der Waals surface area contributed by atoms with Crippen molar-refractivity contribution >= 4 is 29.9 Å². The van der Waals surface area contributed by atoms with Gasteiger partial charge in [0.2, 0.25) is 0 Å². The number of rotatable bonds is 9. The van der Waals surface area contributed by atoms with E-state index in [9.17, 15) is 0 Å². The van der Waals surface area contributed by atoms with Crippen LogP contribution in [0.25, 0.3) is 0 Å². The maximum Gasteiger partial charge on any atom is 0.191 e. The molecule has 0 aliphatic heterocycles. The molecule has 0 unspecified atom stereocenters. The van der Waals surface area contributed by atoms with Gasteiger partial charge in [0.1, 0.15) is 5.76 Å². The van der Waals surface area contributed by atoms with Crippen molar-refractivity contribution in [3.05, 3.63) is 52.4 Å². The second kappa shape index (κ2) is 12.9. The quantitative estimate of drug-likeness (QED) is 0.273. The summed E-state index contributed by atoms with van der Waals surface area (Å²) in [4.78, 5) is 4.75. The Labute approximate surface area is 198 Å². The molecule has 0 saturated carbocycles. The second-order valence-electron chi connectivity index (χ2n) is 8.01. The second-order valence-corrected chi connectivity index (χ2v) is 8.01. The van der Waals surface area contributed by atoms with Crippen molar-refractivity contribution in [3.63, 3.8) is 0 Å². The van der Waals surface area contributed by atoms with Crippen molar-refractivity contribution in [1.82, 2.24) is 15.8 Å². The van der Waals surface area contributed by atoms with Crippen LogP contribution in [0.1, 0.15) is 69.7 Å². The van der Waals surface area contributed by atoms with Gasteiger partial charge in [0, 0.05) is 25.1 Å². The highest BCUT2D eigenvalue weighted by molar-refractivity contribution is 14.0. The number of hydrogen-bond donors (Lipinski definition) is 2. The van der Waals surface area contributed by atoms with E-state index in [4.69, 9.17) is 14.3 Å². The number of benzene rings is 1. The van der Waals surface area contributed by atoms with Gasteiger partial charge in [0.25, 0.3) is 0 Å². The third-order valence-electron chi connectivity index (χ3n) is 4.47. The molecule has 0 atom stereocenters. The molecule has 2 aromatic rings. The van der Waals surface area contributed by atoms with Crippen LogP contribution in [-0.4, -0.2) is 23.3 Å². The first kappa shape index (κ1) is 26.4. The molecule has 2 N–H and O–H groups in total. The van der Waals surface area contributed by atoms with Gasteiger partial charge in [-0.25, -0.2) is 4.99 Å². The molecule has 0 fully saturated rings. The van der Waals surface area contributed by atoms with Gasteiger partial charge < -0.3 is 19.9 Å². The Morgan fingerprint density at radius 1 is 1.10 bits per heavy atom. The SMILES string of the molecule is CCNC(=NCc1cccc(COC(C)(C)C)c1)NCc1c(CC)noc1CC.I. The Balaban J connectivity index is 0.00000450. The third kappa shape index (κ3) is 8.63. The molecule has 0 amide bonds. The lowest BCUT2D eigenvalue weighted by Crippen LogP contribution is -2.37. The zero-order valence-corrected chi connectivity index (χ0v) is 21.5. The van der Waals surface area contributed by atoms with Crippen LogP contribution in [0.15, 0.2) is 33.8 Å². The molecular weight excluding hydrogens is 491 g/mol. The normalized spacial score (nSPS) is 11.9. The Kier molecular flexibility index (Phi) is 11.4. The van der Waals surface area contributed by atoms with Gasteiger partial charge in [-0.3, -0.25) is 0 Å². The fourth-order valence-corrected chi connectivity index (χ4v) is 2.94. The average Bonchev–Trinajstić information content (AvgIpc) is 3.10. The highest BCUT2D eigenvalue weighted by atomic mass is 127. The number of guanidine groups is 1. The van der Waals surface area contributed by atoms with E-state index in [1.54, 1.807) is 0 Å². The number of nitrogens with one attached hydrogen (secondary N) is 2. The van der Waals surface area contributed by atoms with Gasteiger partial charge in [-0.15, -0.1) is 24.0 Å². The summed E-state index contributed by atoms with van der Waals surface area (Å²) in [6, 6.07) is 8.40. The van der Waals surface area contributed by atoms with Crippen molar-refractivity contribution < 1.29 is 9.26 Å². The van der Waals surface area contributed by atoms with Crippen molar-refractivity contribution in [2.75, 3.05) is 6.54 Å². The van der Waals surface area contributed by atoms with Gasteiger partial charge in [-0.2, -0.15) is 0 Å². The van der Waals surface area contributed by atoms with Crippen LogP contribution in [0.2, 0.25) is 0 Å². The van der Waals surface area contributed by atoms with Crippen LogP contribution in [0.4, 0.5) is 0 Å². The first-order valence-corrected chi connectivity index (χ1v) is 10.6. The standard InChI is InChI=1S/C23H36N4O2.HI/c1-7-20-19(21(8-2)29-27-20)15-26-22(24-9-3)25-14-17-11-10-12-18(13-17)16-28-23(4,5)6;/h10-13H,7-9,14-16H2,1-6H3,(H2,24,25,26);1H. The Morgan fingerprint density at radius 3 is 2.47 bits per heavy atom. The Bertz CT molecular complexity index is 775. The number of nitrogens with zero attached hydrogens (tertiary/aromatic N) is 2. The van der Waals surface area contributed by atoms with E-state index < -0.39 is 0 Å². The lowest BCUT2D eigenvalue weighted by Gasteiger charge is -2.19. The van der Waals surface area contributed by atoms with Crippen molar-refractivity contribution in [2.45, 2.75) is 79.7 Å². The molecule has 6 nitrogen and oxygen atoms in total. The minimum atomic E-state index is -0.146. The van der Waals surface area contributed by atoms with Crippen LogP contribution in [-0.2, 0) is 37.3 Å². The average molecular weight is 528 g/mol. The van der Waals surface area contributed by atoms with E-state index >= 15 is 0 Å². The largest absolute Gasteiger partial charge is 0.371 e. The molecule has 7 heteroatoms. The van der Waals surface area contributed by atoms with Crippen LogP contribution < -0.4 is 10.6 Å². The van der Waals surface area contributed by atoms with Crippen molar-refractivity contribution in [1.29, 1.82) is 0 Å². The van der Waals surface area contributed by atoms with Gasteiger partial charge in [0.15, 0.2) is 5.96 Å². The first-order valence-electron chi connectivity index (χ1n) is 10.6. The summed E-state index contributed by atoms with van der Waals surface area (Å²) in [6.07, 6.45) is 1.69. The number of aliphatic imine (C=N–C) groups is 1. The number of ether oxygens (including phenoxy) is 1. The summed E-state index contributed by atoms with van der Waals surface area (Å²) in [5.41, 5.74) is 4.33. The zero-order valence-electron chi connectivity index (χ0n) is 19.2. The molecular formula is C23H37IN4O2. The van der Waals surface area contributed by atoms with E-state index in [1.165, 1.54) is 0 Å². The van der Waals surface area contributed by atoms with E-state index in [0.717, 1.165) is 53.5 Å². The highest BCUT2D eigenvalue weighted by Gasteiger charge is 2.14. The number of aromatic nitrogens is 1. The van der Waals surface area contributed by atoms with E-state index in [0.29, 0.717) is 19.7 Å². The van der Waals surface area contributed by atoms with E-state index in [1.807, 2.05) is 0 Å². The monoisotopic (exact) mass is 528 g/mol. The smallest absolute Gasteiger partial charge is 0.191 e. The number of aryl methyl sites for hydroxylation is 2. The number of halogens is 1. The zero-order chi connectivity index (χ0) is 21.3. The van der Waals surface area contributed by atoms with Crippen LogP contribution >= 0.6 is 24.0 Å². The maximum atomic E-state index is 5.88. The Morgan fingerprint density at radius 2 is 1.83 bits per heavy atom. The summed E-state index contributed by atoms with van der Waals surface area (Å²) in [7, 11) is 0. The minimum absolute atomic E-state index is 0. The molecule has 30 heavy (non-hydrogen) atoms. The van der Waals surface area contributed by atoms with E-state index in [-0.39, 0.29) is 29.6 Å². The van der Waals surface area contributed by atoms with E-state index in [2.05, 4.69) is 81.6 Å². The molecule has 0 saturated heterocycles. The molecule has 0 aliphatic carbocycles. The van der Waals surface area contributed by atoms with Gasteiger partial charge in [0.05, 0.1) is 24.4 Å². The molecule has 2 rings (SSSR count). The van der Waals surface area contributed by atoms with Gasteiger partial charge in [-0.05, 0) is 45.2 Å². The topological polar surface area (TPSA) is 71.7 Å². The van der Waals surface area contributed by atoms with Gasteiger partial charge >= 0.3 is 0 Å². The molecule has 168 valence electrons. The van der Waals surface area contributed by atoms with Crippen molar-refractivity contribution in [3.8, 4) is 0 Å². The molecule has 0 spiro atoms. The molecule has 0 bridgehead atoms. The summed E-state index contributed by atoms with van der Waals surface area (Å²) in [6.45, 7) is 15.1. The van der Waals surface area contributed by atoms with Gasteiger partial charge in [-0.1, -0.05) is 43.3 Å². The fraction of sp³-hybridized carbons (Fsp3) is 0.565. The van der Waals surface area contributed by atoms with Crippen molar-refractivity contribution in [2.24, 2.45) is 4.99 Å². The molecule has 1 aromatic heterocycles. The molecule has 1 heterocycles. The fourth-order valence-electron chi connectivity index (χ4n) is 2.94. The highest BCUT2D eigenvalue weighted by Crippen LogP contribution is 2.16. The molecule has 1 aromatic carbocycles. The lowest BCUT2D eigenvalue weighted by atomic mass is 10.1. The Hall–Kier alpha value is -1.61. The van der Waals surface area contributed by atoms with Crippen LogP contribution in [0.3, 0.4) is 0 Å². The predicted molar refractivity (Wildman–Crippen MR) is 133 cm³/mol. The molecule has 0 aliphatic rings. The summed E-state index contributed by atoms with van der Waals surface area (Å²) in [5, 5.41) is 10.9. The minimum Gasteiger partial charge on any atom is -0.371 e. The summed E-state index contributed by atoms with van der Waals surface area (Å²) in [5.74, 6) is 1.73. The third-order valence-corrected chi connectivity index (χ3v) is 4.47. The van der Waals surface area contributed by atoms with Crippen LogP contribution in [0.5, 0.6) is 0 Å². The molecule has 0 radical (unpaired) electrons. The maximum absolute atomic E-state index is 5.88.